The van der Waals surface area contributed by atoms with Crippen LogP contribution in [0.1, 0.15) is 26.7 Å². The Bertz CT molecular complexity index is 592. The molecular formula is C14H19F3N2O2S. The number of hydrogen-bond acceptors (Lipinski definition) is 2. The molecule has 1 aromatic rings. The van der Waals surface area contributed by atoms with Gasteiger partial charge in [0.1, 0.15) is 0 Å². The monoisotopic (exact) mass is 336 g/mol. The van der Waals surface area contributed by atoms with E-state index in [0.29, 0.717) is 12.8 Å². The molecule has 1 aromatic carbocycles. The SMILES string of the molecule is CCCN(CCC)/C(=N/S(=O)(=O)c1ccccc1)C(F)(F)F. The average molecular weight is 336 g/mol. The minimum atomic E-state index is -4.83. The summed E-state index contributed by atoms with van der Waals surface area (Å²) >= 11 is 0. The van der Waals surface area contributed by atoms with Crippen LogP contribution in [0.15, 0.2) is 39.6 Å². The number of amidine groups is 1. The Hall–Kier alpha value is -1.57. The first-order chi connectivity index (χ1) is 10.2. The van der Waals surface area contributed by atoms with Gasteiger partial charge in [-0.05, 0) is 25.0 Å². The van der Waals surface area contributed by atoms with Crippen LogP contribution in [0.3, 0.4) is 0 Å². The standard InChI is InChI=1S/C14H19F3N2O2S/c1-3-10-19(11-4-2)13(14(15,16)17)18-22(20,21)12-8-6-5-7-9-12/h5-9H,3-4,10-11H2,1-2H3/b18-13+. The lowest BCUT2D eigenvalue weighted by atomic mass is 10.3. The molecule has 0 aromatic heterocycles. The van der Waals surface area contributed by atoms with Gasteiger partial charge in [-0.1, -0.05) is 32.0 Å². The van der Waals surface area contributed by atoms with Crippen molar-refractivity contribution >= 4 is 15.9 Å². The fraction of sp³-hybridized carbons (Fsp3) is 0.500. The van der Waals surface area contributed by atoms with E-state index in [1.54, 1.807) is 19.9 Å². The Morgan fingerprint density at radius 1 is 1.09 bits per heavy atom. The molecule has 0 atom stereocenters. The lowest BCUT2D eigenvalue weighted by Crippen LogP contribution is -2.42. The van der Waals surface area contributed by atoms with Crippen LogP contribution in [0.25, 0.3) is 0 Å². The van der Waals surface area contributed by atoms with E-state index in [2.05, 4.69) is 4.40 Å². The molecule has 8 heteroatoms. The summed E-state index contributed by atoms with van der Waals surface area (Å²) in [7, 11) is -4.40. The minimum absolute atomic E-state index is 0.0937. The number of alkyl halides is 3. The third kappa shape index (κ3) is 5.01. The Balaban J connectivity index is 3.32. The van der Waals surface area contributed by atoms with Crippen LogP contribution in [0.4, 0.5) is 13.2 Å². The molecular weight excluding hydrogens is 317 g/mol. The Morgan fingerprint density at radius 2 is 1.59 bits per heavy atom. The van der Waals surface area contributed by atoms with Crippen LogP contribution in [0.2, 0.25) is 0 Å². The molecule has 0 amide bonds. The Morgan fingerprint density at radius 3 is 2.00 bits per heavy atom. The smallest absolute Gasteiger partial charge is 0.352 e. The van der Waals surface area contributed by atoms with E-state index in [4.69, 9.17) is 0 Å². The highest BCUT2D eigenvalue weighted by molar-refractivity contribution is 7.90. The summed E-state index contributed by atoms with van der Waals surface area (Å²) in [4.78, 5) is 0.713. The van der Waals surface area contributed by atoms with Gasteiger partial charge in [-0.3, -0.25) is 0 Å². The largest absolute Gasteiger partial charge is 0.450 e. The molecule has 0 unspecified atom stereocenters. The molecule has 0 N–H and O–H groups in total. The van der Waals surface area contributed by atoms with Crippen molar-refractivity contribution in [3.05, 3.63) is 30.3 Å². The van der Waals surface area contributed by atoms with Crippen LogP contribution >= 0.6 is 0 Å². The highest BCUT2D eigenvalue weighted by atomic mass is 32.2. The van der Waals surface area contributed by atoms with E-state index in [1.807, 2.05) is 0 Å². The second-order valence-electron chi connectivity index (χ2n) is 4.69. The predicted molar refractivity (Wildman–Crippen MR) is 79.3 cm³/mol. The summed E-state index contributed by atoms with van der Waals surface area (Å²) in [6, 6.07) is 6.89. The van der Waals surface area contributed by atoms with Gasteiger partial charge in [0.2, 0.25) is 5.84 Å². The average Bonchev–Trinajstić information content (AvgIpc) is 2.44. The normalized spacial score (nSPS) is 13.2. The maximum Gasteiger partial charge on any atom is 0.450 e. The number of halogens is 3. The van der Waals surface area contributed by atoms with Crippen molar-refractivity contribution < 1.29 is 21.6 Å². The number of nitrogens with zero attached hydrogens (tertiary/aromatic N) is 2. The van der Waals surface area contributed by atoms with E-state index in [1.165, 1.54) is 24.3 Å². The van der Waals surface area contributed by atoms with Gasteiger partial charge in [-0.2, -0.15) is 21.6 Å². The lowest BCUT2D eigenvalue weighted by molar-refractivity contribution is -0.0686. The van der Waals surface area contributed by atoms with Gasteiger partial charge in [0, 0.05) is 13.1 Å². The molecule has 22 heavy (non-hydrogen) atoms. The maximum atomic E-state index is 13.2. The van der Waals surface area contributed by atoms with Gasteiger partial charge < -0.3 is 4.90 Å². The van der Waals surface area contributed by atoms with Gasteiger partial charge in [0.25, 0.3) is 10.0 Å². The highest BCUT2D eigenvalue weighted by Crippen LogP contribution is 2.23. The van der Waals surface area contributed by atoms with E-state index >= 15 is 0 Å². The van der Waals surface area contributed by atoms with Gasteiger partial charge in [0.15, 0.2) is 0 Å². The molecule has 0 aliphatic carbocycles. The summed E-state index contributed by atoms with van der Waals surface area (Å²) in [6.45, 7) is 3.64. The van der Waals surface area contributed by atoms with E-state index in [9.17, 15) is 21.6 Å². The van der Waals surface area contributed by atoms with Gasteiger partial charge in [-0.15, -0.1) is 4.40 Å². The molecule has 124 valence electrons. The molecule has 0 bridgehead atoms. The van der Waals surface area contributed by atoms with Gasteiger partial charge in [-0.25, -0.2) is 0 Å². The summed E-state index contributed by atoms with van der Waals surface area (Å²) < 4.78 is 66.9. The molecule has 0 saturated carbocycles. The van der Waals surface area contributed by atoms with Gasteiger partial charge in [0.05, 0.1) is 4.90 Å². The Kier molecular flexibility index (Phi) is 6.40. The van der Waals surface area contributed by atoms with Crippen molar-refractivity contribution in [1.29, 1.82) is 0 Å². The van der Waals surface area contributed by atoms with Crippen molar-refractivity contribution in [2.75, 3.05) is 13.1 Å². The van der Waals surface area contributed by atoms with Crippen LogP contribution in [0.5, 0.6) is 0 Å². The van der Waals surface area contributed by atoms with Crippen molar-refractivity contribution in [2.24, 2.45) is 4.40 Å². The van der Waals surface area contributed by atoms with Crippen LogP contribution < -0.4 is 0 Å². The van der Waals surface area contributed by atoms with Crippen molar-refractivity contribution in [3.8, 4) is 0 Å². The lowest BCUT2D eigenvalue weighted by Gasteiger charge is -2.26. The first-order valence-electron chi connectivity index (χ1n) is 6.94. The molecule has 0 saturated heterocycles. The zero-order chi connectivity index (χ0) is 16.8. The fourth-order valence-electron chi connectivity index (χ4n) is 1.91. The zero-order valence-corrected chi connectivity index (χ0v) is 13.3. The third-order valence-corrected chi connectivity index (χ3v) is 4.07. The van der Waals surface area contributed by atoms with Crippen molar-refractivity contribution in [2.45, 2.75) is 37.8 Å². The van der Waals surface area contributed by atoms with Crippen LogP contribution in [0, 0.1) is 0 Å². The molecule has 4 nitrogen and oxygen atoms in total. The van der Waals surface area contributed by atoms with E-state index < -0.39 is 22.0 Å². The first kappa shape index (κ1) is 18.5. The third-order valence-electron chi connectivity index (χ3n) is 2.79. The number of rotatable bonds is 6. The topological polar surface area (TPSA) is 49.7 Å². The van der Waals surface area contributed by atoms with Crippen LogP contribution in [-0.2, 0) is 10.0 Å². The predicted octanol–water partition coefficient (Wildman–Crippen LogP) is 3.46. The van der Waals surface area contributed by atoms with E-state index in [0.717, 1.165) is 4.90 Å². The maximum absolute atomic E-state index is 13.2. The molecule has 0 fully saturated rings. The Labute approximate surface area is 128 Å². The fourth-order valence-corrected chi connectivity index (χ4v) is 2.96. The second-order valence-corrected chi connectivity index (χ2v) is 6.29. The summed E-state index contributed by atoms with van der Waals surface area (Å²) in [5, 5.41) is 0. The summed E-state index contributed by atoms with van der Waals surface area (Å²) in [5.41, 5.74) is 0. The number of hydrogen-bond donors (Lipinski definition) is 0. The number of benzene rings is 1. The molecule has 0 radical (unpaired) electrons. The first-order valence-corrected chi connectivity index (χ1v) is 8.38. The molecule has 1 rings (SSSR count). The molecule has 0 heterocycles. The zero-order valence-electron chi connectivity index (χ0n) is 12.5. The second kappa shape index (κ2) is 7.62. The van der Waals surface area contributed by atoms with E-state index in [-0.39, 0.29) is 18.0 Å². The summed E-state index contributed by atoms with van der Waals surface area (Å²) in [6.07, 6.45) is -3.91. The summed E-state index contributed by atoms with van der Waals surface area (Å²) in [5.74, 6) is -1.36. The molecule has 0 aliphatic heterocycles. The number of sulfonamides is 1. The molecule has 0 spiro atoms. The van der Waals surface area contributed by atoms with Crippen molar-refractivity contribution in [1.82, 2.24) is 4.90 Å². The van der Waals surface area contributed by atoms with Crippen molar-refractivity contribution in [3.63, 3.8) is 0 Å². The molecule has 0 aliphatic rings. The van der Waals surface area contributed by atoms with Crippen LogP contribution in [-0.4, -0.2) is 38.4 Å². The minimum Gasteiger partial charge on any atom is -0.352 e. The van der Waals surface area contributed by atoms with Gasteiger partial charge >= 0.3 is 6.18 Å². The highest BCUT2D eigenvalue weighted by Gasteiger charge is 2.41. The quantitative estimate of drug-likeness (QED) is 0.590.